The fraction of sp³-hybridized carbons (Fsp3) is 0.867. The van der Waals surface area contributed by atoms with Crippen LogP contribution in [0, 0.1) is 5.92 Å². The summed E-state index contributed by atoms with van der Waals surface area (Å²) in [7, 11) is -3.37. The van der Waals surface area contributed by atoms with Gasteiger partial charge in [-0.2, -0.15) is 0 Å². The minimum atomic E-state index is -3.37. The molecule has 0 bridgehead atoms. The monoisotopic (exact) mass is 345 g/mol. The Kier molecular flexibility index (Phi) is 6.41. The number of likely N-dealkylation sites (tertiary alicyclic amines) is 1. The Bertz CT molecular complexity index is 529. The molecule has 2 rings (SSSR count). The third-order valence-corrected chi connectivity index (χ3v) is 6.86. The van der Waals surface area contributed by atoms with Gasteiger partial charge in [0.05, 0.1) is 11.2 Å². The minimum Gasteiger partial charge on any atom is -0.355 e. The number of hydrogen-bond donors (Lipinski definition) is 2. The van der Waals surface area contributed by atoms with Crippen molar-refractivity contribution < 1.29 is 18.0 Å². The van der Waals surface area contributed by atoms with E-state index in [2.05, 4.69) is 5.32 Å². The van der Waals surface area contributed by atoms with E-state index in [-0.39, 0.29) is 23.0 Å². The van der Waals surface area contributed by atoms with E-state index in [1.165, 1.54) is 4.90 Å². The van der Waals surface area contributed by atoms with Gasteiger partial charge in [0.25, 0.3) is 0 Å². The van der Waals surface area contributed by atoms with Crippen molar-refractivity contribution in [1.29, 1.82) is 0 Å². The van der Waals surface area contributed by atoms with Gasteiger partial charge in [0.1, 0.15) is 5.75 Å². The van der Waals surface area contributed by atoms with Crippen molar-refractivity contribution in [2.24, 2.45) is 11.7 Å². The van der Waals surface area contributed by atoms with Crippen molar-refractivity contribution in [2.45, 2.75) is 43.8 Å². The highest BCUT2D eigenvalue weighted by Crippen LogP contribution is 2.26. The molecule has 3 N–H and O–H groups in total. The fourth-order valence-corrected chi connectivity index (χ4v) is 5.20. The molecule has 1 aliphatic heterocycles. The molecule has 1 aliphatic carbocycles. The molecular formula is C15H27N3O4S. The molecule has 0 spiro atoms. The lowest BCUT2D eigenvalue weighted by molar-refractivity contribution is -0.133. The zero-order valence-corrected chi connectivity index (χ0v) is 14.3. The van der Waals surface area contributed by atoms with Crippen LogP contribution in [0.15, 0.2) is 0 Å². The van der Waals surface area contributed by atoms with E-state index in [4.69, 9.17) is 5.73 Å². The second kappa shape index (κ2) is 8.10. The maximum Gasteiger partial charge on any atom is 0.237 e. The highest BCUT2D eigenvalue weighted by molar-refractivity contribution is 7.92. The van der Waals surface area contributed by atoms with Crippen molar-refractivity contribution in [3.8, 4) is 0 Å². The Labute approximate surface area is 137 Å². The predicted molar refractivity (Wildman–Crippen MR) is 87.4 cm³/mol. The number of piperidine rings is 1. The van der Waals surface area contributed by atoms with Crippen LogP contribution in [0.2, 0.25) is 0 Å². The van der Waals surface area contributed by atoms with E-state index in [0.29, 0.717) is 39.0 Å². The Hall–Kier alpha value is -1.15. The number of nitrogens with two attached hydrogens (primary N) is 1. The maximum absolute atomic E-state index is 12.3. The van der Waals surface area contributed by atoms with Crippen LogP contribution in [-0.2, 0) is 19.4 Å². The van der Waals surface area contributed by atoms with Crippen molar-refractivity contribution in [2.75, 3.05) is 31.9 Å². The van der Waals surface area contributed by atoms with Crippen LogP contribution in [0.4, 0.5) is 0 Å². The molecule has 1 saturated carbocycles. The van der Waals surface area contributed by atoms with Gasteiger partial charge in [-0.3, -0.25) is 9.59 Å². The Morgan fingerprint density at radius 3 is 2.48 bits per heavy atom. The first-order chi connectivity index (χ1) is 10.9. The number of nitrogens with zero attached hydrogens (tertiary/aromatic N) is 1. The molecule has 2 amide bonds. The zero-order chi connectivity index (χ0) is 16.9. The number of amides is 2. The zero-order valence-electron chi connectivity index (χ0n) is 13.5. The van der Waals surface area contributed by atoms with Crippen molar-refractivity contribution in [1.82, 2.24) is 10.2 Å². The van der Waals surface area contributed by atoms with Gasteiger partial charge in [0.15, 0.2) is 9.84 Å². The minimum absolute atomic E-state index is 0.105. The predicted octanol–water partition coefficient (Wildman–Crippen LogP) is -0.343. The lowest BCUT2D eigenvalue weighted by atomic mass is 9.97. The SMILES string of the molecule is NCCNC(=O)C1CCCN(C(=O)CS(=O)(=O)C2CCCC2)C1. The summed E-state index contributed by atoms with van der Waals surface area (Å²) >= 11 is 0. The van der Waals surface area contributed by atoms with E-state index >= 15 is 0 Å². The number of sulfone groups is 1. The molecule has 0 aromatic carbocycles. The molecule has 1 atom stereocenters. The van der Waals surface area contributed by atoms with Gasteiger partial charge in [0, 0.05) is 26.2 Å². The molecular weight excluding hydrogens is 318 g/mol. The summed E-state index contributed by atoms with van der Waals surface area (Å²) < 4.78 is 24.6. The largest absolute Gasteiger partial charge is 0.355 e. The molecule has 1 saturated heterocycles. The van der Waals surface area contributed by atoms with Crippen molar-refractivity contribution in [3.05, 3.63) is 0 Å². The van der Waals surface area contributed by atoms with Crippen molar-refractivity contribution >= 4 is 21.7 Å². The molecule has 0 aromatic rings. The van der Waals surface area contributed by atoms with Gasteiger partial charge in [-0.05, 0) is 25.7 Å². The third kappa shape index (κ3) is 4.91. The number of rotatable bonds is 6. The number of carbonyl (C=O) groups excluding carboxylic acids is 2. The summed E-state index contributed by atoms with van der Waals surface area (Å²) in [5.74, 6) is -1.16. The van der Waals surface area contributed by atoms with Gasteiger partial charge in [-0.1, -0.05) is 12.8 Å². The first kappa shape index (κ1) is 18.2. The molecule has 2 fully saturated rings. The van der Waals surface area contributed by atoms with E-state index in [1.54, 1.807) is 0 Å². The van der Waals surface area contributed by atoms with E-state index in [1.807, 2.05) is 0 Å². The number of nitrogens with one attached hydrogen (secondary N) is 1. The third-order valence-electron chi connectivity index (χ3n) is 4.72. The quantitative estimate of drug-likeness (QED) is 0.684. The average Bonchev–Trinajstić information content (AvgIpc) is 3.07. The lowest BCUT2D eigenvalue weighted by Crippen LogP contribution is -2.48. The normalized spacial score (nSPS) is 23.0. The van der Waals surface area contributed by atoms with Crippen LogP contribution in [0.5, 0.6) is 0 Å². The van der Waals surface area contributed by atoms with Crippen LogP contribution in [-0.4, -0.2) is 62.3 Å². The summed E-state index contributed by atoms with van der Waals surface area (Å²) in [6, 6.07) is 0. The van der Waals surface area contributed by atoms with Gasteiger partial charge >= 0.3 is 0 Å². The van der Waals surface area contributed by atoms with Gasteiger partial charge in [-0.15, -0.1) is 0 Å². The molecule has 7 nitrogen and oxygen atoms in total. The molecule has 132 valence electrons. The molecule has 1 unspecified atom stereocenters. The summed E-state index contributed by atoms with van der Waals surface area (Å²) in [6.07, 6.45) is 4.61. The standard InChI is InChI=1S/C15H27N3O4S/c16-7-8-17-15(20)12-4-3-9-18(10-12)14(19)11-23(21,22)13-5-1-2-6-13/h12-13H,1-11,16H2,(H,17,20). The topological polar surface area (TPSA) is 110 Å². The first-order valence-electron chi connectivity index (χ1n) is 8.41. The van der Waals surface area contributed by atoms with Crippen LogP contribution in [0.1, 0.15) is 38.5 Å². The summed E-state index contributed by atoms with van der Waals surface area (Å²) in [4.78, 5) is 25.9. The second-order valence-corrected chi connectivity index (χ2v) is 8.75. The van der Waals surface area contributed by atoms with E-state index in [9.17, 15) is 18.0 Å². The van der Waals surface area contributed by atoms with E-state index < -0.39 is 15.6 Å². The Balaban J connectivity index is 1.90. The second-order valence-electron chi connectivity index (χ2n) is 6.47. The maximum atomic E-state index is 12.3. The summed E-state index contributed by atoms with van der Waals surface area (Å²) in [5, 5.41) is 2.37. The molecule has 0 aromatic heterocycles. The summed E-state index contributed by atoms with van der Waals surface area (Å²) in [5.41, 5.74) is 5.37. The van der Waals surface area contributed by atoms with Gasteiger partial charge in [-0.25, -0.2) is 8.42 Å². The molecule has 8 heteroatoms. The average molecular weight is 345 g/mol. The fourth-order valence-electron chi connectivity index (χ4n) is 3.39. The van der Waals surface area contributed by atoms with Crippen LogP contribution >= 0.6 is 0 Å². The highest BCUT2D eigenvalue weighted by atomic mass is 32.2. The number of hydrogen-bond acceptors (Lipinski definition) is 5. The van der Waals surface area contributed by atoms with Crippen LogP contribution in [0.25, 0.3) is 0 Å². The van der Waals surface area contributed by atoms with E-state index in [0.717, 1.165) is 25.7 Å². The van der Waals surface area contributed by atoms with Crippen LogP contribution in [0.3, 0.4) is 0 Å². The van der Waals surface area contributed by atoms with Crippen molar-refractivity contribution in [3.63, 3.8) is 0 Å². The summed E-state index contributed by atoms with van der Waals surface area (Å²) in [6.45, 7) is 1.62. The molecule has 1 heterocycles. The molecule has 2 aliphatic rings. The Morgan fingerprint density at radius 2 is 1.83 bits per heavy atom. The highest BCUT2D eigenvalue weighted by Gasteiger charge is 2.34. The Morgan fingerprint density at radius 1 is 1.13 bits per heavy atom. The number of carbonyl (C=O) groups is 2. The molecule has 23 heavy (non-hydrogen) atoms. The molecule has 0 radical (unpaired) electrons. The smallest absolute Gasteiger partial charge is 0.237 e. The van der Waals surface area contributed by atoms with Gasteiger partial charge in [0.2, 0.25) is 11.8 Å². The lowest BCUT2D eigenvalue weighted by Gasteiger charge is -2.32. The van der Waals surface area contributed by atoms with Gasteiger partial charge < -0.3 is 16.0 Å². The first-order valence-corrected chi connectivity index (χ1v) is 10.1. The van der Waals surface area contributed by atoms with Crippen LogP contribution < -0.4 is 11.1 Å².